The predicted octanol–water partition coefficient (Wildman–Crippen LogP) is 4.17. The molecular formula is C17H19BrFN3O3S2. The van der Waals surface area contributed by atoms with Gasteiger partial charge in [-0.1, -0.05) is 0 Å². The monoisotopic (exact) mass is 475 g/mol. The van der Waals surface area contributed by atoms with Gasteiger partial charge in [-0.15, -0.1) is 11.3 Å². The fourth-order valence-electron chi connectivity index (χ4n) is 2.37. The minimum atomic E-state index is -3.40. The summed E-state index contributed by atoms with van der Waals surface area (Å²) in [6, 6.07) is 2.84. The van der Waals surface area contributed by atoms with E-state index in [4.69, 9.17) is 0 Å². The van der Waals surface area contributed by atoms with Crippen LogP contribution >= 0.6 is 27.3 Å². The van der Waals surface area contributed by atoms with Crippen LogP contribution in [0.1, 0.15) is 37.9 Å². The number of benzene rings is 1. The van der Waals surface area contributed by atoms with Gasteiger partial charge in [0.15, 0.2) is 5.13 Å². The SMILES string of the molecule is Cc1cc(Br)c(F)cc1NC(=O)C(C)(C)c1csc(NS(=O)(=O)C2CC2)n1. The first-order valence-corrected chi connectivity index (χ1v) is 11.5. The van der Waals surface area contributed by atoms with E-state index in [9.17, 15) is 17.6 Å². The molecule has 3 rings (SSSR count). The number of hydrogen-bond acceptors (Lipinski definition) is 5. The highest BCUT2D eigenvalue weighted by atomic mass is 79.9. The van der Waals surface area contributed by atoms with E-state index in [1.165, 1.54) is 6.07 Å². The Hall–Kier alpha value is -1.52. The summed E-state index contributed by atoms with van der Waals surface area (Å²) in [7, 11) is -3.40. The molecule has 2 aromatic rings. The van der Waals surface area contributed by atoms with Crippen LogP contribution in [0, 0.1) is 12.7 Å². The summed E-state index contributed by atoms with van der Waals surface area (Å²) in [5.41, 5.74) is 0.492. The second kappa shape index (κ2) is 7.14. The van der Waals surface area contributed by atoms with Crippen LogP contribution in [0.25, 0.3) is 0 Å². The summed E-state index contributed by atoms with van der Waals surface area (Å²) in [4.78, 5) is 17.1. The molecule has 1 aliphatic carbocycles. The Balaban J connectivity index is 1.77. The van der Waals surface area contributed by atoms with Crippen molar-refractivity contribution in [1.29, 1.82) is 0 Å². The average molecular weight is 476 g/mol. The maximum atomic E-state index is 13.8. The number of amides is 1. The number of nitrogens with zero attached hydrogens (tertiary/aromatic N) is 1. The van der Waals surface area contributed by atoms with Crippen molar-refractivity contribution in [2.24, 2.45) is 0 Å². The third kappa shape index (κ3) is 4.33. The van der Waals surface area contributed by atoms with Crippen molar-refractivity contribution in [3.05, 3.63) is 39.1 Å². The highest BCUT2D eigenvalue weighted by Gasteiger charge is 2.37. The number of aromatic nitrogens is 1. The van der Waals surface area contributed by atoms with Crippen LogP contribution < -0.4 is 10.0 Å². The maximum Gasteiger partial charge on any atom is 0.237 e. The molecular weight excluding hydrogens is 457 g/mol. The van der Waals surface area contributed by atoms with E-state index >= 15 is 0 Å². The number of aryl methyl sites for hydroxylation is 1. The van der Waals surface area contributed by atoms with Gasteiger partial charge in [-0.2, -0.15) is 0 Å². The second-order valence-electron chi connectivity index (χ2n) is 7.04. The van der Waals surface area contributed by atoms with Gasteiger partial charge in [-0.05, 0) is 67.2 Å². The molecule has 0 aliphatic heterocycles. The number of rotatable bonds is 6. The Morgan fingerprint density at radius 2 is 2.04 bits per heavy atom. The third-order valence-electron chi connectivity index (χ3n) is 4.42. The molecule has 1 aromatic heterocycles. The molecule has 1 saturated carbocycles. The smallest absolute Gasteiger partial charge is 0.237 e. The first-order chi connectivity index (χ1) is 12.5. The molecule has 0 bridgehead atoms. The van der Waals surface area contributed by atoms with Crippen LogP contribution in [-0.2, 0) is 20.2 Å². The molecule has 2 N–H and O–H groups in total. The summed E-state index contributed by atoms with van der Waals surface area (Å²) in [6.45, 7) is 5.13. The quantitative estimate of drug-likeness (QED) is 0.655. The van der Waals surface area contributed by atoms with E-state index < -0.39 is 21.3 Å². The Kier molecular flexibility index (Phi) is 5.35. The summed E-state index contributed by atoms with van der Waals surface area (Å²) >= 11 is 4.24. The third-order valence-corrected chi connectivity index (χ3v) is 7.74. The lowest BCUT2D eigenvalue weighted by Crippen LogP contribution is -2.35. The van der Waals surface area contributed by atoms with Gasteiger partial charge in [0.2, 0.25) is 15.9 Å². The maximum absolute atomic E-state index is 13.8. The van der Waals surface area contributed by atoms with Gasteiger partial charge in [0.25, 0.3) is 0 Å². The largest absolute Gasteiger partial charge is 0.325 e. The minimum Gasteiger partial charge on any atom is -0.325 e. The van der Waals surface area contributed by atoms with Crippen LogP contribution in [-0.4, -0.2) is 24.6 Å². The van der Waals surface area contributed by atoms with Crippen molar-refractivity contribution in [2.45, 2.75) is 44.3 Å². The number of anilines is 2. The standard InChI is InChI=1S/C17H19BrFN3O3S2/c1-9-6-11(18)12(19)7-13(9)20-15(23)17(2,3)14-8-26-16(21-14)22-27(24,25)10-4-5-10/h6-8,10H,4-5H2,1-3H3,(H,20,23)(H,21,22). The van der Waals surface area contributed by atoms with Crippen LogP contribution in [0.5, 0.6) is 0 Å². The molecule has 1 fully saturated rings. The molecule has 146 valence electrons. The number of halogens is 2. The van der Waals surface area contributed by atoms with Crippen LogP contribution in [0.2, 0.25) is 0 Å². The summed E-state index contributed by atoms with van der Waals surface area (Å²) < 4.78 is 40.6. The Bertz CT molecular complexity index is 1000. The molecule has 1 aromatic carbocycles. The van der Waals surface area contributed by atoms with Crippen LogP contribution in [0.3, 0.4) is 0 Å². The molecule has 0 unspecified atom stereocenters. The van der Waals surface area contributed by atoms with Crippen molar-refractivity contribution in [3.63, 3.8) is 0 Å². The molecule has 10 heteroatoms. The van der Waals surface area contributed by atoms with Crippen molar-refractivity contribution in [3.8, 4) is 0 Å². The minimum absolute atomic E-state index is 0.239. The van der Waals surface area contributed by atoms with Gasteiger partial charge in [-0.3, -0.25) is 9.52 Å². The summed E-state index contributed by atoms with van der Waals surface area (Å²) in [5.74, 6) is -0.839. The van der Waals surface area contributed by atoms with E-state index in [2.05, 4.69) is 31.0 Å². The van der Waals surface area contributed by atoms with Crippen LogP contribution in [0.15, 0.2) is 22.0 Å². The van der Waals surface area contributed by atoms with Crippen molar-refractivity contribution in [2.75, 3.05) is 10.0 Å². The van der Waals surface area contributed by atoms with E-state index in [0.29, 0.717) is 34.3 Å². The van der Waals surface area contributed by atoms with E-state index in [0.717, 1.165) is 11.3 Å². The van der Waals surface area contributed by atoms with Crippen molar-refractivity contribution < 1.29 is 17.6 Å². The van der Waals surface area contributed by atoms with Gasteiger partial charge in [0.05, 0.1) is 20.8 Å². The van der Waals surface area contributed by atoms with Gasteiger partial charge >= 0.3 is 0 Å². The summed E-state index contributed by atoms with van der Waals surface area (Å²) in [5, 5.41) is 4.27. The van der Waals surface area contributed by atoms with E-state index in [1.54, 1.807) is 32.2 Å². The van der Waals surface area contributed by atoms with Gasteiger partial charge in [-0.25, -0.2) is 17.8 Å². The molecule has 0 radical (unpaired) electrons. The zero-order valence-corrected chi connectivity index (χ0v) is 18.2. The molecule has 1 amide bonds. The Labute approximate surface area is 169 Å². The lowest BCUT2D eigenvalue weighted by Gasteiger charge is -2.22. The lowest BCUT2D eigenvalue weighted by atomic mass is 9.89. The fourth-order valence-corrected chi connectivity index (χ4v) is 5.30. The number of thiazole rings is 1. The van der Waals surface area contributed by atoms with Gasteiger partial charge < -0.3 is 5.32 Å². The molecule has 0 saturated heterocycles. The molecule has 27 heavy (non-hydrogen) atoms. The van der Waals surface area contributed by atoms with Crippen LogP contribution in [0.4, 0.5) is 15.2 Å². The number of hydrogen-bond donors (Lipinski definition) is 2. The van der Waals surface area contributed by atoms with Crippen molar-refractivity contribution in [1.82, 2.24) is 4.98 Å². The topological polar surface area (TPSA) is 88.2 Å². The molecule has 1 heterocycles. The fraction of sp³-hybridized carbons (Fsp3) is 0.412. The Morgan fingerprint density at radius 1 is 1.37 bits per heavy atom. The predicted molar refractivity (Wildman–Crippen MR) is 108 cm³/mol. The number of carbonyl (C=O) groups excluding carboxylic acids is 1. The molecule has 6 nitrogen and oxygen atoms in total. The lowest BCUT2D eigenvalue weighted by molar-refractivity contribution is -0.120. The van der Waals surface area contributed by atoms with Gasteiger partial charge in [0, 0.05) is 11.1 Å². The zero-order chi connectivity index (χ0) is 20.0. The average Bonchev–Trinajstić information content (AvgIpc) is 3.33. The molecule has 0 spiro atoms. The summed E-state index contributed by atoms with van der Waals surface area (Å²) in [6.07, 6.45) is 1.31. The molecule has 1 aliphatic rings. The first-order valence-electron chi connectivity index (χ1n) is 8.25. The second-order valence-corrected chi connectivity index (χ2v) is 10.7. The first kappa shape index (κ1) is 20.2. The molecule has 0 atom stereocenters. The number of nitrogens with one attached hydrogen (secondary N) is 2. The zero-order valence-electron chi connectivity index (χ0n) is 15.0. The number of carbonyl (C=O) groups is 1. The highest BCUT2D eigenvalue weighted by molar-refractivity contribution is 9.10. The Morgan fingerprint density at radius 3 is 2.67 bits per heavy atom. The number of sulfonamides is 1. The van der Waals surface area contributed by atoms with Gasteiger partial charge in [0.1, 0.15) is 5.82 Å². The van der Waals surface area contributed by atoms with Crippen molar-refractivity contribution >= 4 is 54.0 Å². The highest BCUT2D eigenvalue weighted by Crippen LogP contribution is 2.33. The van der Waals surface area contributed by atoms with E-state index in [-0.39, 0.29) is 16.3 Å². The normalized spacial score (nSPS) is 14.9. The van der Waals surface area contributed by atoms with E-state index in [1.807, 2.05) is 0 Å².